The standard InChI is InChI=1S/C14H28N4O2/c1-14(2,11-10-17(4)8-9-18(11)5)13(20)16-7-6-12(19)15-3/h11H,6-10H2,1-5H3,(H,15,19)(H,16,20)/i3+1,5D2,12+1,15+1,16+1. The topological polar surface area (TPSA) is 64.7 Å². The number of nitrogens with zero attached hydrogens (tertiary/aromatic N) is 2. The maximum atomic E-state index is 12.5. The van der Waals surface area contributed by atoms with Gasteiger partial charge in [0.15, 0.2) is 0 Å². The zero-order valence-electron chi connectivity index (χ0n) is 14.9. The Kier molecular flexibility index (Phi) is 4.86. The van der Waals surface area contributed by atoms with E-state index < -0.39 is 12.4 Å². The molecule has 1 heterocycles. The Morgan fingerprint density at radius 3 is 2.70 bits per heavy atom. The first kappa shape index (κ1) is 13.8. The predicted molar refractivity (Wildman–Crippen MR) is 79.4 cm³/mol. The number of nitrogens with one attached hydrogen (secondary N) is 2. The summed E-state index contributed by atoms with van der Waals surface area (Å²) in [4.78, 5) is 27.6. The molecule has 116 valence electrons. The van der Waals surface area contributed by atoms with Crippen molar-refractivity contribution in [2.45, 2.75) is 26.3 Å². The second kappa shape index (κ2) is 7.04. The second-order valence-electron chi connectivity index (χ2n) is 5.92. The number of carbonyl (C=O) groups excluding carboxylic acids is 2. The Balaban J connectivity index is 2.71. The van der Waals surface area contributed by atoms with Gasteiger partial charge in [-0.3, -0.25) is 14.5 Å². The number of amides is 2. The van der Waals surface area contributed by atoms with E-state index in [2.05, 4.69) is 15.5 Å². The molecule has 2 amide bonds. The predicted octanol–water partition coefficient (Wildman–Crippen LogP) is -0.489. The number of hydrogen-bond donors (Lipinski definition) is 2. The SMILES string of the molecule is [2H]C([2H])N1CCN(C)CC1C(C)(C)C(=O)[15NH]CC[13C](=O)[15NH][13CH3]. The zero-order chi connectivity index (χ0) is 16.9. The molecule has 0 aromatic rings. The molecular weight excluding hydrogens is 260 g/mol. The monoisotopic (exact) mass is 290 g/mol. The summed E-state index contributed by atoms with van der Waals surface area (Å²) in [6, 6.07) is -0.203. The molecule has 1 saturated heterocycles. The Morgan fingerprint density at radius 2 is 2.10 bits per heavy atom. The molecule has 1 rings (SSSR count). The van der Waals surface area contributed by atoms with E-state index in [1.54, 1.807) is 11.9 Å². The van der Waals surface area contributed by atoms with Crippen LogP contribution in [0.3, 0.4) is 0 Å². The van der Waals surface area contributed by atoms with Crippen LogP contribution in [0.25, 0.3) is 0 Å². The van der Waals surface area contributed by atoms with Crippen molar-refractivity contribution in [2.75, 3.05) is 47.3 Å². The van der Waals surface area contributed by atoms with Gasteiger partial charge in [0.1, 0.15) is 0 Å². The van der Waals surface area contributed by atoms with Crippen molar-refractivity contribution in [3.05, 3.63) is 0 Å². The molecule has 2 N–H and O–H groups in total. The summed E-state index contributed by atoms with van der Waals surface area (Å²) in [6.45, 7) is 4.91. The Morgan fingerprint density at radius 1 is 1.40 bits per heavy atom. The summed E-state index contributed by atoms with van der Waals surface area (Å²) in [7, 11) is 3.54. The maximum absolute atomic E-state index is 12.5. The van der Waals surface area contributed by atoms with Gasteiger partial charge in [-0.25, -0.2) is 0 Å². The zero-order valence-corrected chi connectivity index (χ0v) is 12.9. The van der Waals surface area contributed by atoms with Gasteiger partial charge in [-0.15, -0.1) is 0 Å². The van der Waals surface area contributed by atoms with Crippen LogP contribution in [0.15, 0.2) is 0 Å². The molecule has 1 aliphatic rings. The van der Waals surface area contributed by atoms with E-state index in [4.69, 9.17) is 2.74 Å². The van der Waals surface area contributed by atoms with E-state index in [9.17, 15) is 9.59 Å². The van der Waals surface area contributed by atoms with Crippen LogP contribution >= 0.6 is 0 Å². The number of piperazine rings is 1. The first-order chi connectivity index (χ1) is 10.2. The number of rotatable bonds is 5. The van der Waals surface area contributed by atoms with Gasteiger partial charge in [-0.1, -0.05) is 0 Å². The molecule has 0 saturated carbocycles. The Labute approximate surface area is 124 Å². The van der Waals surface area contributed by atoms with Crippen molar-refractivity contribution < 1.29 is 12.3 Å². The van der Waals surface area contributed by atoms with Gasteiger partial charge < -0.3 is 15.5 Å². The summed E-state index contributed by atoms with van der Waals surface area (Å²) in [5, 5.41) is 5.31. The van der Waals surface area contributed by atoms with Gasteiger partial charge >= 0.3 is 0 Å². The molecular formula is C14H28N4O2. The van der Waals surface area contributed by atoms with Gasteiger partial charge in [-0.2, -0.15) is 0 Å². The van der Waals surface area contributed by atoms with Gasteiger partial charge in [-0.05, 0) is 27.9 Å². The minimum absolute atomic E-state index is 0.116. The quantitative estimate of drug-likeness (QED) is 0.530. The smallest absolute Gasteiger partial charge is 0.227 e. The van der Waals surface area contributed by atoms with Gasteiger partial charge in [0.2, 0.25) is 11.8 Å². The van der Waals surface area contributed by atoms with Gasteiger partial charge in [0, 0.05) is 48.4 Å². The van der Waals surface area contributed by atoms with E-state index >= 15 is 0 Å². The Bertz CT molecular complexity index is 404. The largest absolute Gasteiger partial charge is 0.359 e. The highest BCUT2D eigenvalue weighted by Crippen LogP contribution is 2.27. The van der Waals surface area contributed by atoms with Crippen LogP contribution < -0.4 is 10.6 Å². The lowest BCUT2D eigenvalue weighted by Gasteiger charge is -2.45. The molecule has 1 unspecified atom stereocenters. The van der Waals surface area contributed by atoms with Crippen molar-refractivity contribution in [1.82, 2.24) is 20.4 Å². The van der Waals surface area contributed by atoms with Crippen LogP contribution in [0, 0.1) is 5.41 Å². The van der Waals surface area contributed by atoms with E-state index in [0.717, 1.165) is 6.54 Å². The summed E-state index contributed by atoms with van der Waals surface area (Å²) in [5.41, 5.74) is -0.738. The maximum Gasteiger partial charge on any atom is 0.227 e. The third-order valence-electron chi connectivity index (χ3n) is 3.96. The van der Waals surface area contributed by atoms with E-state index in [1.165, 1.54) is 0 Å². The van der Waals surface area contributed by atoms with E-state index in [1.807, 2.05) is 20.9 Å². The van der Waals surface area contributed by atoms with Crippen molar-refractivity contribution in [3.8, 4) is 0 Å². The highest BCUT2D eigenvalue weighted by molar-refractivity contribution is 5.83. The molecule has 1 fully saturated rings. The fraction of sp³-hybridized carbons (Fsp3) is 0.857. The molecule has 0 bridgehead atoms. The van der Waals surface area contributed by atoms with Crippen molar-refractivity contribution in [3.63, 3.8) is 0 Å². The second-order valence-corrected chi connectivity index (χ2v) is 5.92. The lowest BCUT2D eigenvalue weighted by molar-refractivity contribution is -0.134. The summed E-state index contributed by atoms with van der Waals surface area (Å²) in [6.07, 6.45) is 0.242. The fourth-order valence-corrected chi connectivity index (χ4v) is 2.37. The molecule has 20 heavy (non-hydrogen) atoms. The molecule has 0 spiro atoms. The minimum atomic E-state index is -1.09. The van der Waals surface area contributed by atoms with Crippen molar-refractivity contribution in [1.29, 1.82) is 0 Å². The average Bonchev–Trinajstić information content (AvgIpc) is 2.46. The average molecular weight is 290 g/mol. The van der Waals surface area contributed by atoms with Crippen LogP contribution in [-0.2, 0) is 9.59 Å². The summed E-state index contributed by atoms with van der Waals surface area (Å²) < 4.78 is 15.4. The van der Waals surface area contributed by atoms with Crippen molar-refractivity contribution in [2.24, 2.45) is 5.41 Å². The van der Waals surface area contributed by atoms with Crippen LogP contribution in [0.1, 0.15) is 23.0 Å². The first-order valence-electron chi connectivity index (χ1n) is 8.13. The molecule has 6 heteroatoms. The third kappa shape index (κ3) is 4.18. The summed E-state index contributed by atoms with van der Waals surface area (Å²) >= 11 is 0. The molecule has 0 aromatic heterocycles. The van der Waals surface area contributed by atoms with E-state index in [-0.39, 0.29) is 30.8 Å². The first-order valence-corrected chi connectivity index (χ1v) is 6.97. The number of carbonyl (C=O) groups is 2. The number of likely N-dealkylation sites (N-methyl/N-ethyl adjacent to an activating group) is 2. The number of hydrogen-bond acceptors (Lipinski definition) is 4. The molecule has 0 radical (unpaired) electrons. The summed E-state index contributed by atoms with van der Waals surface area (Å²) in [5.74, 6) is -0.267. The van der Waals surface area contributed by atoms with Crippen LogP contribution in [0.2, 0.25) is 0 Å². The van der Waals surface area contributed by atoms with Gasteiger partial charge in [0.25, 0.3) is 0 Å². The highest BCUT2D eigenvalue weighted by atomic mass is 16.3. The third-order valence-corrected chi connectivity index (χ3v) is 3.96. The fourth-order valence-electron chi connectivity index (χ4n) is 2.37. The molecule has 0 aromatic carbocycles. The van der Waals surface area contributed by atoms with Gasteiger partial charge in [0.05, 0.1) is 5.41 Å². The molecule has 1 atom stereocenters. The van der Waals surface area contributed by atoms with Crippen LogP contribution in [-0.4, -0.2) is 74.9 Å². The lowest BCUT2D eigenvalue weighted by atomic mass is 9.82. The molecule has 1 aliphatic heterocycles. The highest BCUT2D eigenvalue weighted by Gasteiger charge is 2.41. The van der Waals surface area contributed by atoms with Crippen LogP contribution in [0.5, 0.6) is 0 Å². The van der Waals surface area contributed by atoms with Crippen LogP contribution in [0.4, 0.5) is 0 Å². The molecule has 0 aliphatic carbocycles. The normalized spacial score (nSPS) is 23.1. The molecule has 6 nitrogen and oxygen atoms in total. The van der Waals surface area contributed by atoms with Crippen molar-refractivity contribution >= 4 is 11.8 Å². The van der Waals surface area contributed by atoms with E-state index in [0.29, 0.717) is 13.1 Å². The lowest BCUT2D eigenvalue weighted by Crippen LogP contribution is -2.60. The Hall–Kier alpha value is -1.14. The minimum Gasteiger partial charge on any atom is -0.359 e.